The van der Waals surface area contributed by atoms with Gasteiger partial charge in [0.25, 0.3) is 5.91 Å². The van der Waals surface area contributed by atoms with Gasteiger partial charge in [0.05, 0.1) is 13.2 Å². The van der Waals surface area contributed by atoms with Crippen molar-refractivity contribution in [2.24, 2.45) is 5.73 Å². The molecule has 0 aliphatic rings. The van der Waals surface area contributed by atoms with Crippen molar-refractivity contribution in [3.05, 3.63) is 22.6 Å². The quantitative estimate of drug-likeness (QED) is 0.643. The third-order valence-electron chi connectivity index (χ3n) is 2.20. The molecule has 1 aromatic heterocycles. The van der Waals surface area contributed by atoms with Gasteiger partial charge in [-0.3, -0.25) is 4.79 Å². The first-order valence-corrected chi connectivity index (χ1v) is 6.16. The Morgan fingerprint density at radius 1 is 1.56 bits per heavy atom. The number of carbonyl (C=O) groups is 2. The van der Waals surface area contributed by atoms with Crippen molar-refractivity contribution in [1.29, 1.82) is 0 Å². The van der Waals surface area contributed by atoms with Gasteiger partial charge in [0, 0.05) is 7.05 Å². The average Bonchev–Trinajstić information content (AvgIpc) is 2.73. The number of esters is 1. The molecule has 0 bridgehead atoms. The fourth-order valence-corrected chi connectivity index (χ4v) is 1.66. The fraction of sp³-hybridized carbons (Fsp3) is 0.455. The molecular weight excluding hydrogens is 304 g/mol. The van der Waals surface area contributed by atoms with Crippen LogP contribution < -0.4 is 5.73 Å². The molecule has 0 aliphatic heterocycles. The van der Waals surface area contributed by atoms with Crippen LogP contribution in [0.25, 0.3) is 0 Å². The largest absolute Gasteiger partial charge is 0.464 e. The van der Waals surface area contributed by atoms with Gasteiger partial charge in [-0.1, -0.05) is 0 Å². The summed E-state index contributed by atoms with van der Waals surface area (Å²) >= 11 is 3.16. The molecule has 0 aliphatic carbocycles. The minimum absolute atomic E-state index is 0.189. The van der Waals surface area contributed by atoms with Crippen LogP contribution in [-0.4, -0.2) is 36.5 Å². The Hall–Kier alpha value is -1.34. The van der Waals surface area contributed by atoms with Crippen LogP contribution in [0.1, 0.15) is 12.7 Å². The second-order valence-electron chi connectivity index (χ2n) is 3.63. The van der Waals surface area contributed by atoms with Crippen molar-refractivity contribution in [2.75, 3.05) is 13.7 Å². The molecule has 0 fully saturated rings. The molecule has 18 heavy (non-hydrogen) atoms. The molecule has 0 radical (unpaired) electrons. The minimum Gasteiger partial charge on any atom is -0.464 e. The summed E-state index contributed by atoms with van der Waals surface area (Å²) in [6.07, 6.45) is 0. The lowest BCUT2D eigenvalue weighted by atomic mass is 10.2. The van der Waals surface area contributed by atoms with Crippen LogP contribution in [0.5, 0.6) is 0 Å². The van der Waals surface area contributed by atoms with E-state index >= 15 is 0 Å². The van der Waals surface area contributed by atoms with Gasteiger partial charge < -0.3 is 19.8 Å². The Morgan fingerprint density at radius 2 is 2.22 bits per heavy atom. The molecule has 0 saturated heterocycles. The van der Waals surface area contributed by atoms with E-state index in [1.54, 1.807) is 19.1 Å². The minimum atomic E-state index is -1.30. The van der Waals surface area contributed by atoms with Crippen LogP contribution in [-0.2, 0) is 20.9 Å². The predicted octanol–water partition coefficient (Wildman–Crippen LogP) is 0.891. The number of nitrogens with zero attached hydrogens (tertiary/aromatic N) is 1. The molecule has 0 spiro atoms. The number of nitrogens with two attached hydrogens (primary N) is 1. The molecule has 6 nitrogen and oxygen atoms in total. The summed E-state index contributed by atoms with van der Waals surface area (Å²) in [5.74, 6) is -0.648. The third-order valence-corrected chi connectivity index (χ3v) is 2.63. The highest BCUT2D eigenvalue weighted by Gasteiger charge is 2.26. The maximum absolute atomic E-state index is 11.8. The molecule has 1 aromatic rings. The van der Waals surface area contributed by atoms with Gasteiger partial charge in [-0.2, -0.15) is 0 Å². The normalized spacial score (nSPS) is 12.0. The lowest BCUT2D eigenvalue weighted by Crippen LogP contribution is -2.47. The zero-order valence-electron chi connectivity index (χ0n) is 10.2. The zero-order valence-corrected chi connectivity index (χ0v) is 11.8. The first kappa shape index (κ1) is 14.7. The van der Waals surface area contributed by atoms with Crippen molar-refractivity contribution >= 4 is 27.8 Å². The second kappa shape index (κ2) is 6.55. The molecule has 1 atom stereocenters. The van der Waals surface area contributed by atoms with E-state index in [0.29, 0.717) is 10.4 Å². The van der Waals surface area contributed by atoms with Crippen molar-refractivity contribution in [3.8, 4) is 0 Å². The Labute approximate surface area is 113 Å². The van der Waals surface area contributed by atoms with Crippen LogP contribution in [0, 0.1) is 0 Å². The van der Waals surface area contributed by atoms with Crippen molar-refractivity contribution in [2.45, 2.75) is 19.5 Å². The van der Waals surface area contributed by atoms with Gasteiger partial charge in [-0.25, -0.2) is 4.79 Å². The first-order valence-electron chi connectivity index (χ1n) is 5.37. The SMILES string of the molecule is CCOC(=O)C(N)C(=O)N(C)Cc1ccc(Br)o1. The number of furan rings is 1. The van der Waals surface area contributed by atoms with E-state index in [9.17, 15) is 9.59 Å². The first-order chi connectivity index (χ1) is 8.45. The summed E-state index contributed by atoms with van der Waals surface area (Å²) in [5, 5.41) is 0. The summed E-state index contributed by atoms with van der Waals surface area (Å²) in [4.78, 5) is 24.4. The van der Waals surface area contributed by atoms with Crippen molar-refractivity contribution < 1.29 is 18.7 Å². The van der Waals surface area contributed by atoms with E-state index in [4.69, 9.17) is 10.2 Å². The number of carbonyl (C=O) groups excluding carboxylic acids is 2. The summed E-state index contributed by atoms with van der Waals surface area (Å²) in [7, 11) is 1.54. The van der Waals surface area contributed by atoms with E-state index in [0.717, 1.165) is 0 Å². The summed E-state index contributed by atoms with van der Waals surface area (Å²) in [6, 6.07) is 2.15. The number of rotatable bonds is 5. The standard InChI is InChI=1S/C11H15BrN2O4/c1-3-17-11(16)9(13)10(15)14(2)6-7-4-5-8(12)18-7/h4-5,9H,3,6,13H2,1-2H3. The molecule has 100 valence electrons. The zero-order chi connectivity index (χ0) is 13.7. The third kappa shape index (κ3) is 3.85. The van der Waals surface area contributed by atoms with Gasteiger partial charge in [-0.05, 0) is 35.0 Å². The van der Waals surface area contributed by atoms with Crippen LogP contribution in [0.3, 0.4) is 0 Å². The molecule has 0 saturated carbocycles. The topological polar surface area (TPSA) is 85.8 Å². The lowest BCUT2D eigenvalue weighted by molar-refractivity contribution is -0.150. The van der Waals surface area contributed by atoms with E-state index in [1.807, 2.05) is 0 Å². The van der Waals surface area contributed by atoms with Crippen LogP contribution in [0.15, 0.2) is 21.2 Å². The molecule has 0 aromatic carbocycles. The van der Waals surface area contributed by atoms with Gasteiger partial charge in [0.1, 0.15) is 5.76 Å². The van der Waals surface area contributed by atoms with Crippen molar-refractivity contribution in [1.82, 2.24) is 4.90 Å². The number of hydrogen-bond acceptors (Lipinski definition) is 5. The second-order valence-corrected chi connectivity index (χ2v) is 4.41. The van der Waals surface area contributed by atoms with Crippen LogP contribution in [0.2, 0.25) is 0 Å². The summed E-state index contributed by atoms with van der Waals surface area (Å²) in [6.45, 7) is 2.07. The Balaban J connectivity index is 2.58. The number of amides is 1. The Bertz CT molecular complexity index is 432. The molecule has 2 N–H and O–H groups in total. The monoisotopic (exact) mass is 318 g/mol. The maximum Gasteiger partial charge on any atom is 0.332 e. The lowest BCUT2D eigenvalue weighted by Gasteiger charge is -2.19. The number of halogens is 1. The molecular formula is C11H15BrN2O4. The number of likely N-dealkylation sites (N-methyl/N-ethyl adjacent to an activating group) is 1. The summed E-state index contributed by atoms with van der Waals surface area (Å²) < 4.78 is 10.5. The van der Waals surface area contributed by atoms with E-state index in [2.05, 4.69) is 20.7 Å². The molecule has 7 heteroatoms. The highest BCUT2D eigenvalue weighted by Crippen LogP contribution is 2.15. The predicted molar refractivity (Wildman–Crippen MR) is 67.5 cm³/mol. The molecule has 1 rings (SSSR count). The molecule has 1 heterocycles. The summed E-state index contributed by atoms with van der Waals surface area (Å²) in [5.41, 5.74) is 5.50. The van der Waals surface area contributed by atoms with Crippen LogP contribution in [0.4, 0.5) is 0 Å². The van der Waals surface area contributed by atoms with Gasteiger partial charge in [0.2, 0.25) is 0 Å². The highest BCUT2D eigenvalue weighted by molar-refractivity contribution is 9.10. The highest BCUT2D eigenvalue weighted by atomic mass is 79.9. The van der Waals surface area contributed by atoms with Gasteiger partial charge in [0.15, 0.2) is 10.7 Å². The molecule has 1 amide bonds. The number of hydrogen-bond donors (Lipinski definition) is 1. The number of ether oxygens (including phenoxy) is 1. The Morgan fingerprint density at radius 3 is 2.72 bits per heavy atom. The van der Waals surface area contributed by atoms with Gasteiger partial charge >= 0.3 is 5.97 Å². The van der Waals surface area contributed by atoms with Crippen LogP contribution >= 0.6 is 15.9 Å². The maximum atomic E-state index is 11.8. The smallest absolute Gasteiger partial charge is 0.332 e. The van der Waals surface area contributed by atoms with Crippen molar-refractivity contribution in [3.63, 3.8) is 0 Å². The van der Waals surface area contributed by atoms with E-state index in [1.165, 1.54) is 11.9 Å². The van der Waals surface area contributed by atoms with Gasteiger partial charge in [-0.15, -0.1) is 0 Å². The molecule has 1 unspecified atom stereocenters. The van der Waals surface area contributed by atoms with E-state index in [-0.39, 0.29) is 13.2 Å². The average molecular weight is 319 g/mol. The Kier molecular flexibility index (Phi) is 5.36. The fourth-order valence-electron chi connectivity index (χ4n) is 1.32. The van der Waals surface area contributed by atoms with E-state index < -0.39 is 17.9 Å².